The van der Waals surface area contributed by atoms with Crippen molar-refractivity contribution < 1.29 is 4.39 Å². The minimum absolute atomic E-state index is 0.169. The Balaban J connectivity index is 1.41. The summed E-state index contributed by atoms with van der Waals surface area (Å²) in [4.78, 5) is 9.50. The molecule has 4 aromatic heterocycles. The van der Waals surface area contributed by atoms with Crippen molar-refractivity contribution in [2.45, 2.75) is 19.5 Å². The van der Waals surface area contributed by atoms with Crippen LogP contribution in [0, 0.1) is 17.7 Å². The van der Waals surface area contributed by atoms with Gasteiger partial charge in [-0.3, -0.25) is 9.67 Å². The Kier molecular flexibility index (Phi) is 6.23. The third kappa shape index (κ3) is 4.81. The maximum atomic E-state index is 13.8. The Morgan fingerprint density at radius 3 is 2.74 bits per heavy atom. The Morgan fingerprint density at radius 2 is 1.95 bits per heavy atom. The first-order valence-electron chi connectivity index (χ1n) is 12.5. The molecule has 39 heavy (non-hydrogen) atoms. The molecule has 0 amide bonds. The highest BCUT2D eigenvalue weighted by atomic mass is 19.1. The molecule has 1 unspecified atom stereocenters. The van der Waals surface area contributed by atoms with E-state index < -0.39 is 0 Å². The van der Waals surface area contributed by atoms with Crippen LogP contribution in [0.2, 0.25) is 0 Å². The normalized spacial score (nSPS) is 12.0. The first kappa shape index (κ1) is 24.3. The Hall–Kier alpha value is -5.07. The van der Waals surface area contributed by atoms with Crippen LogP contribution in [-0.2, 0) is 13.6 Å². The largest absolute Gasteiger partial charge is 0.382 e. The van der Waals surface area contributed by atoms with Gasteiger partial charge in [-0.25, -0.2) is 13.9 Å². The minimum Gasteiger partial charge on any atom is -0.382 e. The molecule has 0 radical (unpaired) electrons. The lowest BCUT2D eigenvalue weighted by atomic mass is 9.96. The highest BCUT2D eigenvalue weighted by molar-refractivity contribution is 5.90. The Labute approximate surface area is 224 Å². The third-order valence-electron chi connectivity index (χ3n) is 6.61. The van der Waals surface area contributed by atoms with E-state index in [1.165, 1.54) is 12.1 Å². The minimum atomic E-state index is -0.292. The number of hydrogen-bond donors (Lipinski definition) is 2. The smallest absolute Gasteiger partial charge is 0.161 e. The summed E-state index contributed by atoms with van der Waals surface area (Å²) >= 11 is 0. The summed E-state index contributed by atoms with van der Waals surface area (Å²) in [7, 11) is 1.86. The molecule has 9 heteroatoms. The number of aromatic nitrogens is 6. The summed E-state index contributed by atoms with van der Waals surface area (Å²) in [5.74, 6) is 6.59. The molecule has 6 aromatic rings. The van der Waals surface area contributed by atoms with Crippen molar-refractivity contribution >= 4 is 22.4 Å². The molecule has 1 atom stereocenters. The molecule has 0 saturated heterocycles. The maximum Gasteiger partial charge on any atom is 0.161 e. The van der Waals surface area contributed by atoms with Gasteiger partial charge in [0.05, 0.1) is 28.5 Å². The molecule has 6 rings (SSSR count). The number of anilines is 1. The molecule has 0 fully saturated rings. The number of halogens is 1. The van der Waals surface area contributed by atoms with Gasteiger partial charge in [-0.2, -0.15) is 5.10 Å². The summed E-state index contributed by atoms with van der Waals surface area (Å²) < 4.78 is 17.2. The zero-order valence-corrected chi connectivity index (χ0v) is 21.4. The van der Waals surface area contributed by atoms with Crippen molar-refractivity contribution in [1.82, 2.24) is 34.7 Å². The van der Waals surface area contributed by atoms with Gasteiger partial charge in [-0.05, 0) is 48.9 Å². The van der Waals surface area contributed by atoms with Crippen molar-refractivity contribution in [2.24, 2.45) is 7.05 Å². The lowest BCUT2D eigenvalue weighted by Gasteiger charge is -2.19. The fraction of sp³-hybridized carbons (Fsp3) is 0.133. The van der Waals surface area contributed by atoms with Gasteiger partial charge >= 0.3 is 0 Å². The second-order valence-corrected chi connectivity index (χ2v) is 9.31. The van der Waals surface area contributed by atoms with Crippen LogP contribution in [0.1, 0.15) is 35.3 Å². The summed E-state index contributed by atoms with van der Waals surface area (Å²) in [6.45, 7) is 2.50. The van der Waals surface area contributed by atoms with Crippen LogP contribution in [0.5, 0.6) is 0 Å². The van der Waals surface area contributed by atoms with E-state index in [-0.39, 0.29) is 11.9 Å². The van der Waals surface area contributed by atoms with E-state index in [0.29, 0.717) is 18.0 Å². The van der Waals surface area contributed by atoms with Gasteiger partial charge in [-0.15, -0.1) is 5.10 Å². The SMILES string of the molecule is CC(NCc1c(N)nn2cccnc12)c1nc2cccc(C#Cc3cnn(C)c3)c2cc1-c1ccc(F)cc1. The molecule has 192 valence electrons. The second-order valence-electron chi connectivity index (χ2n) is 9.31. The van der Waals surface area contributed by atoms with Crippen LogP contribution in [-0.4, -0.2) is 29.4 Å². The predicted molar refractivity (Wildman–Crippen MR) is 149 cm³/mol. The van der Waals surface area contributed by atoms with E-state index in [1.54, 1.807) is 33.7 Å². The molecule has 0 aliphatic rings. The number of aryl methyl sites for hydroxylation is 1. The van der Waals surface area contributed by atoms with E-state index in [4.69, 9.17) is 10.7 Å². The number of nitrogen functional groups attached to an aromatic ring is 1. The van der Waals surface area contributed by atoms with Gasteiger partial charge in [-0.1, -0.05) is 30.0 Å². The number of fused-ring (bicyclic) bond motifs is 2. The average Bonchev–Trinajstić information content (AvgIpc) is 3.51. The van der Waals surface area contributed by atoms with Gasteiger partial charge in [0.2, 0.25) is 0 Å². The number of benzene rings is 2. The van der Waals surface area contributed by atoms with Gasteiger partial charge in [0.25, 0.3) is 0 Å². The molecule has 0 aliphatic carbocycles. The lowest BCUT2D eigenvalue weighted by molar-refractivity contribution is 0.566. The number of hydrogen-bond acceptors (Lipinski definition) is 6. The molecule has 2 aromatic carbocycles. The molecule has 0 bridgehead atoms. The summed E-state index contributed by atoms with van der Waals surface area (Å²) in [6, 6.07) is 16.1. The molecule has 0 saturated carbocycles. The van der Waals surface area contributed by atoms with Crippen LogP contribution < -0.4 is 11.1 Å². The number of nitrogens with one attached hydrogen (secondary N) is 1. The fourth-order valence-corrected chi connectivity index (χ4v) is 4.61. The van der Waals surface area contributed by atoms with Crippen LogP contribution in [0.15, 0.2) is 79.4 Å². The van der Waals surface area contributed by atoms with Crippen molar-refractivity contribution in [3.05, 3.63) is 108 Å². The number of rotatable bonds is 5. The van der Waals surface area contributed by atoms with Gasteiger partial charge in [0.1, 0.15) is 5.82 Å². The molecule has 3 N–H and O–H groups in total. The van der Waals surface area contributed by atoms with Gasteiger partial charge in [0, 0.05) is 54.7 Å². The van der Waals surface area contributed by atoms with E-state index >= 15 is 0 Å². The lowest BCUT2D eigenvalue weighted by Crippen LogP contribution is -2.20. The summed E-state index contributed by atoms with van der Waals surface area (Å²) in [5, 5.41) is 13.0. The molecule has 0 aliphatic heterocycles. The van der Waals surface area contributed by atoms with Crippen molar-refractivity contribution in [1.29, 1.82) is 0 Å². The van der Waals surface area contributed by atoms with Crippen molar-refractivity contribution in [3.63, 3.8) is 0 Å². The Bertz CT molecular complexity index is 1880. The zero-order chi connectivity index (χ0) is 26.9. The monoisotopic (exact) mass is 516 g/mol. The molecule has 0 spiro atoms. The van der Waals surface area contributed by atoms with Gasteiger partial charge < -0.3 is 11.1 Å². The number of nitrogens with two attached hydrogens (primary N) is 1. The van der Waals surface area contributed by atoms with E-state index in [0.717, 1.165) is 44.4 Å². The zero-order valence-electron chi connectivity index (χ0n) is 21.4. The van der Waals surface area contributed by atoms with Crippen LogP contribution in [0.3, 0.4) is 0 Å². The number of nitrogens with zero attached hydrogens (tertiary/aromatic N) is 6. The van der Waals surface area contributed by atoms with E-state index in [9.17, 15) is 4.39 Å². The quantitative estimate of drug-likeness (QED) is 0.324. The van der Waals surface area contributed by atoms with Crippen LogP contribution in [0.25, 0.3) is 27.7 Å². The first-order valence-corrected chi connectivity index (χ1v) is 12.5. The summed E-state index contributed by atoms with van der Waals surface area (Å²) in [6.07, 6.45) is 7.14. The standard InChI is InChI=1S/C30H25FN8/c1-19(34-17-26-29(32)37-39-14-4-13-33-30(26)39)28-25(22-9-11-23(31)12-10-22)15-24-21(5-3-6-27(24)36-28)8-7-20-16-35-38(2)18-20/h3-6,9-16,18-19,34H,17H2,1-2H3,(H2,32,37). The van der Waals surface area contributed by atoms with E-state index in [1.807, 2.05) is 50.6 Å². The second kappa shape index (κ2) is 10.0. The molecule has 4 heterocycles. The number of pyridine rings is 1. The molecule has 8 nitrogen and oxygen atoms in total. The molecular formula is C30H25FN8. The third-order valence-corrected chi connectivity index (χ3v) is 6.61. The van der Waals surface area contributed by atoms with Gasteiger partial charge in [0.15, 0.2) is 11.5 Å². The fourth-order valence-electron chi connectivity index (χ4n) is 4.61. The summed E-state index contributed by atoms with van der Waals surface area (Å²) in [5.41, 5.74) is 12.8. The first-order chi connectivity index (χ1) is 19.0. The Morgan fingerprint density at radius 1 is 1.10 bits per heavy atom. The highest BCUT2D eigenvalue weighted by Gasteiger charge is 2.18. The highest BCUT2D eigenvalue weighted by Crippen LogP contribution is 2.32. The van der Waals surface area contributed by atoms with Crippen molar-refractivity contribution in [3.8, 4) is 23.0 Å². The predicted octanol–water partition coefficient (Wildman–Crippen LogP) is 4.65. The van der Waals surface area contributed by atoms with E-state index in [2.05, 4.69) is 38.4 Å². The van der Waals surface area contributed by atoms with Crippen molar-refractivity contribution in [2.75, 3.05) is 5.73 Å². The maximum absolute atomic E-state index is 13.8. The van der Waals surface area contributed by atoms with Crippen LogP contribution in [0.4, 0.5) is 10.2 Å². The molecular weight excluding hydrogens is 491 g/mol. The van der Waals surface area contributed by atoms with Crippen LogP contribution >= 0.6 is 0 Å². The topological polar surface area (TPSA) is 98.9 Å². The average molecular weight is 517 g/mol.